The first-order valence-electron chi connectivity index (χ1n) is 10.6. The maximum atomic E-state index is 12.7. The molecule has 0 saturated carbocycles. The van der Waals surface area contributed by atoms with E-state index in [0.717, 1.165) is 39.3 Å². The quantitative estimate of drug-likeness (QED) is 0.577. The van der Waals surface area contributed by atoms with Gasteiger partial charge in [0.2, 0.25) is 0 Å². The molecule has 1 fully saturated rings. The zero-order chi connectivity index (χ0) is 22.4. The number of fused-ring (bicyclic) bond motifs is 1. The van der Waals surface area contributed by atoms with Crippen LogP contribution in [0.5, 0.6) is 11.5 Å². The van der Waals surface area contributed by atoms with Crippen LogP contribution in [0.25, 0.3) is 0 Å². The molecule has 2 heterocycles. The van der Waals surface area contributed by atoms with E-state index in [-0.39, 0.29) is 10.8 Å². The summed E-state index contributed by atoms with van der Waals surface area (Å²) in [5.74, 6) is 0.739. The molecule has 2 N–H and O–H groups in total. The third-order valence-corrected chi connectivity index (χ3v) is 6.64. The summed E-state index contributed by atoms with van der Waals surface area (Å²) in [6.45, 7) is 5.69. The van der Waals surface area contributed by atoms with Crippen molar-refractivity contribution in [1.82, 2.24) is 10.2 Å². The van der Waals surface area contributed by atoms with E-state index in [2.05, 4.69) is 14.9 Å². The van der Waals surface area contributed by atoms with Crippen molar-refractivity contribution >= 4 is 21.6 Å². The largest absolute Gasteiger partial charge is 0.486 e. The number of ether oxygens (including phenoxy) is 3. The van der Waals surface area contributed by atoms with E-state index >= 15 is 0 Å². The van der Waals surface area contributed by atoms with Crippen LogP contribution in [-0.4, -0.2) is 71.8 Å². The maximum absolute atomic E-state index is 12.7. The number of nitrogens with zero attached hydrogens (tertiary/aromatic N) is 1. The Morgan fingerprint density at radius 2 is 1.66 bits per heavy atom. The molecular weight excluding hydrogens is 434 g/mol. The minimum absolute atomic E-state index is 0.0730. The van der Waals surface area contributed by atoms with E-state index in [1.807, 2.05) is 0 Å². The number of sulfonamides is 1. The Bertz CT molecular complexity index is 1040. The van der Waals surface area contributed by atoms with E-state index in [4.69, 9.17) is 14.2 Å². The zero-order valence-corrected chi connectivity index (χ0v) is 18.5. The highest BCUT2D eigenvalue weighted by Gasteiger charge is 2.19. The molecule has 9 nitrogen and oxygen atoms in total. The van der Waals surface area contributed by atoms with Gasteiger partial charge in [0.1, 0.15) is 13.2 Å². The molecule has 0 unspecified atom stereocenters. The van der Waals surface area contributed by atoms with Gasteiger partial charge in [-0.25, -0.2) is 8.42 Å². The third kappa shape index (κ3) is 5.70. The fourth-order valence-electron chi connectivity index (χ4n) is 3.53. The molecule has 0 radical (unpaired) electrons. The Morgan fingerprint density at radius 1 is 0.938 bits per heavy atom. The van der Waals surface area contributed by atoms with Crippen LogP contribution in [0.2, 0.25) is 0 Å². The standard InChI is InChI=1S/C22H27N3O6S/c26-22(23-8-1-9-25-10-12-29-13-11-25)17-2-4-18(5-3-17)24-32(27,28)19-6-7-20-21(16-19)31-15-14-30-20/h2-7,16,24H,1,8-15H2,(H,23,26). The lowest BCUT2D eigenvalue weighted by molar-refractivity contribution is 0.0374. The lowest BCUT2D eigenvalue weighted by Gasteiger charge is -2.26. The number of hydrogen-bond acceptors (Lipinski definition) is 7. The fourth-order valence-corrected chi connectivity index (χ4v) is 4.60. The summed E-state index contributed by atoms with van der Waals surface area (Å²) < 4.78 is 44.2. The smallest absolute Gasteiger partial charge is 0.262 e. The van der Waals surface area contributed by atoms with Gasteiger partial charge >= 0.3 is 0 Å². The van der Waals surface area contributed by atoms with Crippen molar-refractivity contribution in [3.8, 4) is 11.5 Å². The van der Waals surface area contributed by atoms with Crippen LogP contribution in [0.15, 0.2) is 47.4 Å². The van der Waals surface area contributed by atoms with E-state index in [1.54, 1.807) is 30.3 Å². The summed E-state index contributed by atoms with van der Waals surface area (Å²) in [5.41, 5.74) is 0.836. The predicted molar refractivity (Wildman–Crippen MR) is 119 cm³/mol. The number of carbonyl (C=O) groups excluding carboxylic acids is 1. The van der Waals surface area contributed by atoms with E-state index in [9.17, 15) is 13.2 Å². The molecule has 1 saturated heterocycles. The molecule has 172 valence electrons. The van der Waals surface area contributed by atoms with Crippen LogP contribution in [0.3, 0.4) is 0 Å². The van der Waals surface area contributed by atoms with Gasteiger partial charge in [0, 0.05) is 37.0 Å². The summed E-state index contributed by atoms with van der Waals surface area (Å²) in [6, 6.07) is 10.8. The number of rotatable bonds is 8. The summed E-state index contributed by atoms with van der Waals surface area (Å²) in [5, 5.41) is 2.90. The number of carbonyl (C=O) groups is 1. The van der Waals surface area contributed by atoms with Crippen molar-refractivity contribution in [3.63, 3.8) is 0 Å². The van der Waals surface area contributed by atoms with Gasteiger partial charge in [0.15, 0.2) is 11.5 Å². The van der Waals surface area contributed by atoms with Gasteiger partial charge < -0.3 is 19.5 Å². The first kappa shape index (κ1) is 22.4. The maximum Gasteiger partial charge on any atom is 0.262 e. The van der Waals surface area contributed by atoms with Gasteiger partial charge in [-0.2, -0.15) is 0 Å². The summed E-state index contributed by atoms with van der Waals surface area (Å²) in [4.78, 5) is 14.7. The second-order valence-electron chi connectivity index (χ2n) is 7.55. The number of benzene rings is 2. The normalized spacial score (nSPS) is 16.4. The summed E-state index contributed by atoms with van der Waals surface area (Å²) in [6.07, 6.45) is 0.860. The molecule has 2 aliphatic rings. The summed E-state index contributed by atoms with van der Waals surface area (Å²) >= 11 is 0. The van der Waals surface area contributed by atoms with Gasteiger partial charge in [-0.15, -0.1) is 0 Å². The van der Waals surface area contributed by atoms with Crippen molar-refractivity contribution in [1.29, 1.82) is 0 Å². The molecule has 0 spiro atoms. The van der Waals surface area contributed by atoms with Crippen LogP contribution in [0.1, 0.15) is 16.8 Å². The molecule has 4 rings (SSSR count). The molecular formula is C22H27N3O6S. The van der Waals surface area contributed by atoms with Gasteiger partial charge in [0.05, 0.1) is 18.1 Å². The minimum Gasteiger partial charge on any atom is -0.486 e. The number of morpholine rings is 1. The number of nitrogens with one attached hydrogen (secondary N) is 2. The van der Waals surface area contributed by atoms with Crippen LogP contribution < -0.4 is 19.5 Å². The van der Waals surface area contributed by atoms with Crippen molar-refractivity contribution < 1.29 is 27.4 Å². The number of anilines is 1. The second-order valence-corrected chi connectivity index (χ2v) is 9.23. The molecule has 32 heavy (non-hydrogen) atoms. The van der Waals surface area contributed by atoms with Gasteiger partial charge in [-0.1, -0.05) is 0 Å². The van der Waals surface area contributed by atoms with Crippen LogP contribution in [-0.2, 0) is 14.8 Å². The first-order valence-corrected chi connectivity index (χ1v) is 12.1. The topological polar surface area (TPSA) is 106 Å². The molecule has 2 aromatic rings. The summed E-state index contributed by atoms with van der Waals surface area (Å²) in [7, 11) is -3.81. The monoisotopic (exact) mass is 461 g/mol. The minimum atomic E-state index is -3.81. The Labute approximate surface area is 187 Å². The molecule has 0 aliphatic carbocycles. The lowest BCUT2D eigenvalue weighted by atomic mass is 10.2. The average molecular weight is 462 g/mol. The average Bonchev–Trinajstić information content (AvgIpc) is 2.82. The Morgan fingerprint density at radius 3 is 2.41 bits per heavy atom. The zero-order valence-electron chi connectivity index (χ0n) is 17.7. The van der Waals surface area contributed by atoms with Crippen LogP contribution in [0, 0.1) is 0 Å². The fraction of sp³-hybridized carbons (Fsp3) is 0.409. The Kier molecular flexibility index (Phi) is 7.13. The molecule has 0 atom stereocenters. The number of hydrogen-bond donors (Lipinski definition) is 2. The molecule has 10 heteroatoms. The lowest BCUT2D eigenvalue weighted by Crippen LogP contribution is -2.38. The van der Waals surface area contributed by atoms with Gasteiger partial charge in [-0.3, -0.25) is 14.4 Å². The molecule has 1 amide bonds. The first-order chi connectivity index (χ1) is 15.5. The van der Waals surface area contributed by atoms with Crippen LogP contribution >= 0.6 is 0 Å². The molecule has 2 aliphatic heterocycles. The van der Waals surface area contributed by atoms with Crippen LogP contribution in [0.4, 0.5) is 5.69 Å². The van der Waals surface area contributed by atoms with E-state index in [0.29, 0.717) is 42.5 Å². The van der Waals surface area contributed by atoms with Crippen molar-refractivity contribution in [2.75, 3.05) is 57.3 Å². The highest BCUT2D eigenvalue weighted by atomic mass is 32.2. The van der Waals surface area contributed by atoms with E-state index in [1.165, 1.54) is 12.1 Å². The molecule has 0 bridgehead atoms. The van der Waals surface area contributed by atoms with Gasteiger partial charge in [0.25, 0.3) is 15.9 Å². The Balaban J connectivity index is 1.29. The molecule has 0 aromatic heterocycles. The van der Waals surface area contributed by atoms with Crippen molar-refractivity contribution in [2.24, 2.45) is 0 Å². The van der Waals surface area contributed by atoms with E-state index < -0.39 is 10.0 Å². The highest BCUT2D eigenvalue weighted by molar-refractivity contribution is 7.92. The predicted octanol–water partition coefficient (Wildman–Crippen LogP) is 1.71. The third-order valence-electron chi connectivity index (χ3n) is 5.26. The van der Waals surface area contributed by atoms with Gasteiger partial charge in [-0.05, 0) is 49.4 Å². The second kappa shape index (κ2) is 10.2. The number of amides is 1. The molecule has 2 aromatic carbocycles. The highest BCUT2D eigenvalue weighted by Crippen LogP contribution is 2.32. The Hall–Kier alpha value is -2.82. The SMILES string of the molecule is O=C(NCCCN1CCOCC1)c1ccc(NS(=O)(=O)c2ccc3c(c2)OCCO3)cc1. The van der Waals surface area contributed by atoms with Crippen molar-refractivity contribution in [3.05, 3.63) is 48.0 Å². The van der Waals surface area contributed by atoms with Crippen molar-refractivity contribution in [2.45, 2.75) is 11.3 Å².